The first-order chi connectivity index (χ1) is 12.8. The van der Waals surface area contributed by atoms with Crippen molar-refractivity contribution in [3.63, 3.8) is 0 Å². The number of hydrogen-bond acceptors (Lipinski definition) is 5. The molecule has 0 aliphatic carbocycles. The summed E-state index contributed by atoms with van der Waals surface area (Å²) in [6.45, 7) is 3.98. The number of carbonyl (C=O) groups is 1. The highest BCUT2D eigenvalue weighted by Crippen LogP contribution is 2.19. The van der Waals surface area contributed by atoms with Gasteiger partial charge >= 0.3 is 6.09 Å². The molecule has 3 heterocycles. The number of aromatic amines is 1. The lowest BCUT2D eigenvalue weighted by atomic mass is 10.2. The number of carbonyl (C=O) groups excluding carboxylic acids is 1. The number of H-pyrrole nitrogens is 1. The van der Waals surface area contributed by atoms with Crippen LogP contribution in [0.1, 0.15) is 5.69 Å². The highest BCUT2D eigenvalue weighted by molar-refractivity contribution is 5.81. The number of fused-ring (bicyclic) bond motifs is 1. The van der Waals surface area contributed by atoms with E-state index in [0.717, 1.165) is 42.7 Å². The van der Waals surface area contributed by atoms with E-state index in [1.807, 2.05) is 30.5 Å². The maximum atomic E-state index is 12.4. The highest BCUT2D eigenvalue weighted by atomic mass is 16.6. The fourth-order valence-electron chi connectivity index (χ4n) is 3.13. The number of ether oxygens (including phenoxy) is 1. The maximum Gasteiger partial charge on any atom is 0.415 e. The topological polar surface area (TPSA) is 74.3 Å². The number of aromatic nitrogens is 3. The standard InChI is InChI=1S/C19H21N5O2/c25-19(26-17-4-3-15-2-1-6-21-18(15)12-17)24-10-8-23(9-11-24)7-5-16-13-20-14-22-16/h1-4,6,12-14H,5,7-11H2,(H,20,22). The summed E-state index contributed by atoms with van der Waals surface area (Å²) in [7, 11) is 0. The molecule has 1 aromatic carbocycles. The van der Waals surface area contributed by atoms with E-state index in [1.165, 1.54) is 0 Å². The smallest absolute Gasteiger partial charge is 0.410 e. The van der Waals surface area contributed by atoms with Gasteiger partial charge in [-0.15, -0.1) is 0 Å². The SMILES string of the molecule is O=C(Oc1ccc2cccnc2c1)N1CCN(CCc2c[nH]cn2)CC1. The van der Waals surface area contributed by atoms with Gasteiger partial charge in [0.15, 0.2) is 0 Å². The molecule has 0 radical (unpaired) electrons. The zero-order valence-electron chi connectivity index (χ0n) is 14.5. The minimum absolute atomic E-state index is 0.299. The van der Waals surface area contributed by atoms with Gasteiger partial charge in [0.25, 0.3) is 0 Å². The molecule has 0 saturated carbocycles. The van der Waals surface area contributed by atoms with Crippen LogP contribution in [0.15, 0.2) is 49.1 Å². The molecule has 3 aromatic rings. The molecule has 4 rings (SSSR count). The van der Waals surface area contributed by atoms with Crippen LogP contribution in [0.4, 0.5) is 4.79 Å². The predicted octanol–water partition coefficient (Wildman–Crippen LogP) is 2.32. The number of nitrogens with zero attached hydrogens (tertiary/aromatic N) is 4. The second kappa shape index (κ2) is 7.53. The van der Waals surface area contributed by atoms with Gasteiger partial charge in [-0.1, -0.05) is 6.07 Å². The molecule has 1 amide bonds. The summed E-state index contributed by atoms with van der Waals surface area (Å²) in [4.78, 5) is 28.0. The van der Waals surface area contributed by atoms with Crippen LogP contribution >= 0.6 is 0 Å². The van der Waals surface area contributed by atoms with E-state index in [2.05, 4.69) is 19.9 Å². The van der Waals surface area contributed by atoms with Gasteiger partial charge in [0.2, 0.25) is 0 Å². The van der Waals surface area contributed by atoms with E-state index in [9.17, 15) is 4.79 Å². The monoisotopic (exact) mass is 351 g/mol. The van der Waals surface area contributed by atoms with Gasteiger partial charge in [0, 0.05) is 63.0 Å². The summed E-state index contributed by atoms with van der Waals surface area (Å²) in [5.74, 6) is 0.530. The Kier molecular flexibility index (Phi) is 4.79. The average Bonchev–Trinajstić information content (AvgIpc) is 3.20. The lowest BCUT2D eigenvalue weighted by Gasteiger charge is -2.33. The Morgan fingerprint density at radius 1 is 1.15 bits per heavy atom. The Labute approximate surface area is 151 Å². The van der Waals surface area contributed by atoms with Crippen LogP contribution < -0.4 is 4.74 Å². The molecule has 7 nitrogen and oxygen atoms in total. The molecule has 26 heavy (non-hydrogen) atoms. The average molecular weight is 351 g/mol. The number of benzene rings is 1. The molecular weight excluding hydrogens is 330 g/mol. The lowest BCUT2D eigenvalue weighted by Crippen LogP contribution is -2.49. The van der Waals surface area contributed by atoms with Crippen LogP contribution in [0.5, 0.6) is 5.75 Å². The molecule has 1 fully saturated rings. The normalized spacial score (nSPS) is 15.3. The molecule has 1 N–H and O–H groups in total. The summed E-state index contributed by atoms with van der Waals surface area (Å²) in [5, 5.41) is 1.03. The zero-order chi connectivity index (χ0) is 17.8. The molecule has 134 valence electrons. The van der Waals surface area contributed by atoms with Gasteiger partial charge in [-0.05, 0) is 18.2 Å². The van der Waals surface area contributed by atoms with Crippen molar-refractivity contribution in [2.24, 2.45) is 0 Å². The van der Waals surface area contributed by atoms with Crippen LogP contribution in [0.2, 0.25) is 0 Å². The van der Waals surface area contributed by atoms with Crippen molar-refractivity contribution in [2.45, 2.75) is 6.42 Å². The molecule has 7 heteroatoms. The molecule has 0 unspecified atom stereocenters. The van der Waals surface area contributed by atoms with E-state index < -0.39 is 0 Å². The Hall–Kier alpha value is -2.93. The van der Waals surface area contributed by atoms with E-state index in [1.54, 1.807) is 23.5 Å². The molecule has 2 aromatic heterocycles. The molecule has 0 spiro atoms. The van der Waals surface area contributed by atoms with Crippen molar-refractivity contribution >= 4 is 17.0 Å². The molecule has 1 aliphatic rings. The summed E-state index contributed by atoms with van der Waals surface area (Å²) in [6, 6.07) is 9.39. The lowest BCUT2D eigenvalue weighted by molar-refractivity contribution is 0.111. The number of nitrogens with one attached hydrogen (secondary N) is 1. The number of imidazole rings is 1. The second-order valence-electron chi connectivity index (χ2n) is 6.37. The quantitative estimate of drug-likeness (QED) is 0.781. The first-order valence-electron chi connectivity index (χ1n) is 8.79. The van der Waals surface area contributed by atoms with Crippen molar-refractivity contribution in [1.29, 1.82) is 0 Å². The second-order valence-corrected chi connectivity index (χ2v) is 6.37. The molecular formula is C19H21N5O2. The molecule has 1 saturated heterocycles. The summed E-state index contributed by atoms with van der Waals surface area (Å²) >= 11 is 0. The summed E-state index contributed by atoms with van der Waals surface area (Å²) in [5.41, 5.74) is 1.89. The van der Waals surface area contributed by atoms with E-state index in [0.29, 0.717) is 18.8 Å². The first kappa shape index (κ1) is 16.5. The van der Waals surface area contributed by atoms with Crippen LogP contribution in [0, 0.1) is 0 Å². The maximum absolute atomic E-state index is 12.4. The minimum atomic E-state index is -0.299. The van der Waals surface area contributed by atoms with E-state index >= 15 is 0 Å². The van der Waals surface area contributed by atoms with Crippen molar-refractivity contribution in [3.8, 4) is 5.75 Å². The van der Waals surface area contributed by atoms with Crippen molar-refractivity contribution in [2.75, 3.05) is 32.7 Å². The number of pyridine rings is 1. The van der Waals surface area contributed by atoms with Gasteiger partial charge in [0.1, 0.15) is 5.75 Å². The fourth-order valence-corrected chi connectivity index (χ4v) is 3.13. The Bertz CT molecular complexity index is 873. The summed E-state index contributed by atoms with van der Waals surface area (Å²) in [6.07, 6.45) is 5.97. The number of hydrogen-bond donors (Lipinski definition) is 1. The van der Waals surface area contributed by atoms with E-state index in [4.69, 9.17) is 4.74 Å². The largest absolute Gasteiger partial charge is 0.415 e. The van der Waals surface area contributed by atoms with E-state index in [-0.39, 0.29) is 6.09 Å². The number of amides is 1. The van der Waals surface area contributed by atoms with Crippen molar-refractivity contribution in [1.82, 2.24) is 24.8 Å². The highest BCUT2D eigenvalue weighted by Gasteiger charge is 2.22. The van der Waals surface area contributed by atoms with Gasteiger partial charge in [-0.25, -0.2) is 9.78 Å². The fraction of sp³-hybridized carbons (Fsp3) is 0.316. The summed E-state index contributed by atoms with van der Waals surface area (Å²) < 4.78 is 5.53. The van der Waals surface area contributed by atoms with Crippen LogP contribution in [0.3, 0.4) is 0 Å². The van der Waals surface area contributed by atoms with Crippen LogP contribution in [-0.2, 0) is 6.42 Å². The molecule has 1 aliphatic heterocycles. The number of piperazine rings is 1. The third-order valence-electron chi connectivity index (χ3n) is 4.65. The zero-order valence-corrected chi connectivity index (χ0v) is 14.5. The van der Waals surface area contributed by atoms with Crippen LogP contribution in [-0.4, -0.2) is 63.6 Å². The van der Waals surface area contributed by atoms with Crippen molar-refractivity contribution in [3.05, 3.63) is 54.7 Å². The van der Waals surface area contributed by atoms with Crippen LogP contribution in [0.25, 0.3) is 10.9 Å². The van der Waals surface area contributed by atoms with Gasteiger partial charge in [-0.2, -0.15) is 0 Å². The van der Waals surface area contributed by atoms with Gasteiger partial charge < -0.3 is 14.6 Å². The van der Waals surface area contributed by atoms with Gasteiger partial charge in [0.05, 0.1) is 17.5 Å². The van der Waals surface area contributed by atoms with Gasteiger partial charge in [-0.3, -0.25) is 9.88 Å². The Morgan fingerprint density at radius 2 is 2.04 bits per heavy atom. The third kappa shape index (κ3) is 3.83. The Morgan fingerprint density at radius 3 is 2.85 bits per heavy atom. The Balaban J connectivity index is 1.28. The predicted molar refractivity (Wildman–Crippen MR) is 98.1 cm³/mol. The first-order valence-corrected chi connectivity index (χ1v) is 8.79. The molecule has 0 bridgehead atoms. The minimum Gasteiger partial charge on any atom is -0.410 e. The molecule has 0 atom stereocenters. The number of rotatable bonds is 4. The third-order valence-corrected chi connectivity index (χ3v) is 4.65. The van der Waals surface area contributed by atoms with Crippen molar-refractivity contribution < 1.29 is 9.53 Å².